The van der Waals surface area contributed by atoms with E-state index >= 15 is 0 Å². The number of rotatable bonds is 3. The Labute approximate surface area is 120 Å². The molecule has 2 aromatic heterocycles. The Hall–Kier alpha value is -2.27. The van der Waals surface area contributed by atoms with Crippen molar-refractivity contribution >= 4 is 28.4 Å². The predicted octanol–water partition coefficient (Wildman–Crippen LogP) is 3.05. The van der Waals surface area contributed by atoms with E-state index in [2.05, 4.69) is 15.3 Å². The molecule has 2 heterocycles. The number of carbonyl (C=O) groups is 1. The Morgan fingerprint density at radius 1 is 1.45 bits per heavy atom. The van der Waals surface area contributed by atoms with Crippen LogP contribution in [0, 0.1) is 6.92 Å². The zero-order chi connectivity index (χ0) is 14.1. The van der Waals surface area contributed by atoms with E-state index in [1.54, 1.807) is 6.92 Å². The molecule has 0 unspecified atom stereocenters. The van der Waals surface area contributed by atoms with Crippen LogP contribution in [0.3, 0.4) is 0 Å². The van der Waals surface area contributed by atoms with Crippen LogP contribution in [0.15, 0.2) is 35.1 Å². The van der Waals surface area contributed by atoms with Crippen LogP contribution in [0.5, 0.6) is 0 Å². The number of nitrogens with one attached hydrogen (secondary N) is 2. The molecule has 0 aliphatic rings. The molecule has 0 bridgehead atoms. The summed E-state index contributed by atoms with van der Waals surface area (Å²) in [6.45, 7) is 2.11. The maximum absolute atomic E-state index is 11.9. The molecule has 0 saturated heterocycles. The number of amides is 1. The number of oxazole rings is 1. The number of aryl methyl sites for hydroxylation is 1. The van der Waals surface area contributed by atoms with Gasteiger partial charge in [-0.3, -0.25) is 4.79 Å². The van der Waals surface area contributed by atoms with E-state index in [1.165, 1.54) is 6.39 Å². The topological polar surface area (TPSA) is 70.9 Å². The lowest BCUT2D eigenvalue weighted by molar-refractivity contribution is 0.0922. The largest absolute Gasteiger partial charge is 0.438 e. The van der Waals surface area contributed by atoms with Crippen LogP contribution < -0.4 is 5.32 Å². The average Bonchev–Trinajstić information content (AvgIpc) is 3.01. The summed E-state index contributed by atoms with van der Waals surface area (Å²) in [5.41, 5.74) is 2.45. The summed E-state index contributed by atoms with van der Waals surface area (Å²) in [6, 6.07) is 7.55. The first kappa shape index (κ1) is 12.7. The van der Waals surface area contributed by atoms with Crippen LogP contribution in [-0.4, -0.2) is 15.9 Å². The maximum Gasteiger partial charge on any atom is 0.289 e. The van der Waals surface area contributed by atoms with Gasteiger partial charge < -0.3 is 14.7 Å². The Kier molecular flexibility index (Phi) is 3.20. The standard InChI is InChI=1S/C14H12ClN3O2/c1-8-13(20-7-17-8)14(19)16-6-11-5-9-4-10(15)2-3-12(9)18-11/h2-5,7,18H,6H2,1H3,(H,16,19). The lowest BCUT2D eigenvalue weighted by Gasteiger charge is -2.01. The number of aromatic nitrogens is 2. The highest BCUT2D eigenvalue weighted by Crippen LogP contribution is 2.20. The van der Waals surface area contributed by atoms with Crippen molar-refractivity contribution in [3.8, 4) is 0 Å². The van der Waals surface area contributed by atoms with Crippen LogP contribution in [0.2, 0.25) is 5.02 Å². The van der Waals surface area contributed by atoms with E-state index in [9.17, 15) is 4.79 Å². The smallest absolute Gasteiger partial charge is 0.289 e. The van der Waals surface area contributed by atoms with Crippen molar-refractivity contribution < 1.29 is 9.21 Å². The van der Waals surface area contributed by atoms with Gasteiger partial charge in [-0.2, -0.15) is 0 Å². The minimum atomic E-state index is -0.281. The second-order valence-electron chi connectivity index (χ2n) is 4.48. The third-order valence-corrected chi connectivity index (χ3v) is 3.26. The van der Waals surface area contributed by atoms with Crippen molar-refractivity contribution in [3.63, 3.8) is 0 Å². The van der Waals surface area contributed by atoms with E-state index < -0.39 is 0 Å². The summed E-state index contributed by atoms with van der Waals surface area (Å²) in [6.07, 6.45) is 1.26. The average molecular weight is 290 g/mol. The number of H-pyrrole nitrogens is 1. The van der Waals surface area contributed by atoms with Gasteiger partial charge in [0.05, 0.1) is 12.2 Å². The number of nitrogens with zero attached hydrogens (tertiary/aromatic N) is 1. The molecule has 0 aliphatic carbocycles. The number of carbonyl (C=O) groups excluding carboxylic acids is 1. The zero-order valence-electron chi connectivity index (χ0n) is 10.7. The van der Waals surface area contributed by atoms with E-state index in [1.807, 2.05) is 24.3 Å². The number of hydrogen-bond donors (Lipinski definition) is 2. The van der Waals surface area contributed by atoms with Crippen LogP contribution in [0.1, 0.15) is 21.9 Å². The van der Waals surface area contributed by atoms with Crippen molar-refractivity contribution in [2.24, 2.45) is 0 Å². The van der Waals surface area contributed by atoms with Crippen molar-refractivity contribution in [1.29, 1.82) is 0 Å². The van der Waals surface area contributed by atoms with Gasteiger partial charge in [0.2, 0.25) is 5.76 Å². The summed E-state index contributed by atoms with van der Waals surface area (Å²) < 4.78 is 5.04. The van der Waals surface area contributed by atoms with E-state index in [4.69, 9.17) is 16.0 Å². The van der Waals surface area contributed by atoms with Crippen LogP contribution >= 0.6 is 11.6 Å². The molecule has 1 amide bonds. The molecule has 1 aromatic carbocycles. The molecule has 0 saturated carbocycles. The number of benzene rings is 1. The van der Waals surface area contributed by atoms with Crippen molar-refractivity contribution in [2.75, 3.05) is 0 Å². The Morgan fingerprint density at radius 2 is 2.30 bits per heavy atom. The zero-order valence-corrected chi connectivity index (χ0v) is 11.5. The van der Waals surface area contributed by atoms with E-state index in [0.29, 0.717) is 17.3 Å². The van der Waals surface area contributed by atoms with Gasteiger partial charge in [0.25, 0.3) is 5.91 Å². The predicted molar refractivity (Wildman–Crippen MR) is 75.7 cm³/mol. The highest BCUT2D eigenvalue weighted by molar-refractivity contribution is 6.31. The van der Waals surface area contributed by atoms with Gasteiger partial charge in [-0.15, -0.1) is 0 Å². The molecule has 2 N–H and O–H groups in total. The Balaban J connectivity index is 1.74. The molecule has 6 heteroatoms. The third-order valence-electron chi connectivity index (χ3n) is 3.03. The Morgan fingerprint density at radius 3 is 3.05 bits per heavy atom. The minimum absolute atomic E-state index is 0.240. The first-order valence-corrected chi connectivity index (χ1v) is 6.47. The minimum Gasteiger partial charge on any atom is -0.438 e. The van der Waals surface area contributed by atoms with Gasteiger partial charge in [-0.1, -0.05) is 11.6 Å². The van der Waals surface area contributed by atoms with Crippen LogP contribution in [0.4, 0.5) is 0 Å². The van der Waals surface area contributed by atoms with Crippen molar-refractivity contribution in [1.82, 2.24) is 15.3 Å². The molecule has 0 radical (unpaired) electrons. The van der Waals surface area contributed by atoms with E-state index in [-0.39, 0.29) is 11.7 Å². The summed E-state index contributed by atoms with van der Waals surface area (Å²) >= 11 is 5.94. The summed E-state index contributed by atoms with van der Waals surface area (Å²) in [5, 5.41) is 4.48. The van der Waals surface area contributed by atoms with Crippen LogP contribution in [-0.2, 0) is 6.54 Å². The van der Waals surface area contributed by atoms with Crippen molar-refractivity contribution in [2.45, 2.75) is 13.5 Å². The molecule has 5 nitrogen and oxygen atoms in total. The SMILES string of the molecule is Cc1ncoc1C(=O)NCc1cc2cc(Cl)ccc2[nH]1. The first-order chi connectivity index (χ1) is 9.63. The molecule has 0 aliphatic heterocycles. The lowest BCUT2D eigenvalue weighted by Crippen LogP contribution is -2.23. The van der Waals surface area contributed by atoms with Gasteiger partial charge in [0, 0.05) is 21.6 Å². The van der Waals surface area contributed by atoms with Gasteiger partial charge in [0.15, 0.2) is 6.39 Å². The molecule has 3 aromatic rings. The molecular weight excluding hydrogens is 278 g/mol. The summed E-state index contributed by atoms with van der Waals surface area (Å²) in [5.74, 6) is -0.0409. The highest BCUT2D eigenvalue weighted by Gasteiger charge is 2.13. The fourth-order valence-electron chi connectivity index (χ4n) is 2.03. The lowest BCUT2D eigenvalue weighted by atomic mass is 10.2. The molecule has 0 fully saturated rings. The van der Waals surface area contributed by atoms with E-state index in [0.717, 1.165) is 16.6 Å². The number of aromatic amines is 1. The molecule has 3 rings (SSSR count). The molecule has 0 atom stereocenters. The molecule has 102 valence electrons. The number of halogens is 1. The van der Waals surface area contributed by atoms with Gasteiger partial charge >= 0.3 is 0 Å². The Bertz CT molecular complexity index is 776. The van der Waals surface area contributed by atoms with Gasteiger partial charge in [-0.05, 0) is 31.2 Å². The maximum atomic E-state index is 11.9. The molecular formula is C14H12ClN3O2. The number of fused-ring (bicyclic) bond motifs is 1. The third kappa shape index (κ3) is 2.40. The fraction of sp³-hybridized carbons (Fsp3) is 0.143. The summed E-state index contributed by atoms with van der Waals surface area (Å²) in [7, 11) is 0. The monoisotopic (exact) mass is 289 g/mol. The quantitative estimate of drug-likeness (QED) is 0.778. The van der Waals surface area contributed by atoms with Gasteiger partial charge in [0.1, 0.15) is 0 Å². The van der Waals surface area contributed by atoms with Crippen molar-refractivity contribution in [3.05, 3.63) is 52.8 Å². The normalized spacial score (nSPS) is 10.9. The number of hydrogen-bond acceptors (Lipinski definition) is 3. The summed E-state index contributed by atoms with van der Waals surface area (Å²) in [4.78, 5) is 19.0. The van der Waals surface area contributed by atoms with Crippen LogP contribution in [0.25, 0.3) is 10.9 Å². The second-order valence-corrected chi connectivity index (χ2v) is 4.91. The highest BCUT2D eigenvalue weighted by atomic mass is 35.5. The molecule has 20 heavy (non-hydrogen) atoms. The fourth-order valence-corrected chi connectivity index (χ4v) is 2.21. The molecule has 0 spiro atoms. The first-order valence-electron chi connectivity index (χ1n) is 6.09. The second kappa shape index (κ2) is 5.02. The van der Waals surface area contributed by atoms with Gasteiger partial charge in [-0.25, -0.2) is 4.98 Å².